The van der Waals surface area contributed by atoms with Crippen molar-refractivity contribution in [3.8, 4) is 5.75 Å². The van der Waals surface area contributed by atoms with Crippen LogP contribution in [0.2, 0.25) is 0 Å². The molecule has 1 heterocycles. The SMILES string of the molecule is CCOC(=O)c1ccccc1C(=O)Cn1nc(N)n(Nc2ccc(OC)cc2)c1=S. The van der Waals surface area contributed by atoms with E-state index in [-0.39, 0.29) is 40.8 Å². The minimum Gasteiger partial charge on any atom is -0.497 e. The second kappa shape index (κ2) is 9.23. The number of hydrogen-bond donors (Lipinski definition) is 2. The number of anilines is 2. The number of benzene rings is 2. The number of ketones is 1. The summed E-state index contributed by atoms with van der Waals surface area (Å²) in [6.45, 7) is 1.73. The first-order chi connectivity index (χ1) is 14.4. The van der Waals surface area contributed by atoms with Gasteiger partial charge in [-0.15, -0.1) is 5.10 Å². The zero-order chi connectivity index (χ0) is 21.7. The predicted molar refractivity (Wildman–Crippen MR) is 114 cm³/mol. The van der Waals surface area contributed by atoms with Crippen LogP contribution >= 0.6 is 12.2 Å². The third-order valence-electron chi connectivity index (χ3n) is 4.21. The largest absolute Gasteiger partial charge is 0.497 e. The highest BCUT2D eigenvalue weighted by Crippen LogP contribution is 2.17. The smallest absolute Gasteiger partial charge is 0.338 e. The number of carbonyl (C=O) groups excluding carboxylic acids is 2. The average molecular weight is 427 g/mol. The molecule has 0 fully saturated rings. The molecule has 0 saturated carbocycles. The molecule has 0 amide bonds. The van der Waals surface area contributed by atoms with Crippen LogP contribution in [0.4, 0.5) is 11.6 Å². The van der Waals surface area contributed by atoms with Gasteiger partial charge in [0.25, 0.3) is 0 Å². The quantitative estimate of drug-likeness (QED) is 0.320. The Morgan fingerprint density at radius 1 is 1.13 bits per heavy atom. The van der Waals surface area contributed by atoms with E-state index in [4.69, 9.17) is 27.4 Å². The van der Waals surface area contributed by atoms with E-state index in [0.29, 0.717) is 11.4 Å². The molecule has 0 aliphatic carbocycles. The first-order valence-corrected chi connectivity index (χ1v) is 9.51. The molecule has 156 valence electrons. The van der Waals surface area contributed by atoms with Gasteiger partial charge in [-0.1, -0.05) is 18.2 Å². The number of ether oxygens (including phenoxy) is 2. The summed E-state index contributed by atoms with van der Waals surface area (Å²) in [5, 5.41) is 4.15. The summed E-state index contributed by atoms with van der Waals surface area (Å²) in [6.07, 6.45) is 0. The van der Waals surface area contributed by atoms with Crippen molar-refractivity contribution in [2.45, 2.75) is 13.5 Å². The van der Waals surface area contributed by atoms with Crippen LogP contribution in [0.5, 0.6) is 5.75 Å². The maximum Gasteiger partial charge on any atom is 0.338 e. The van der Waals surface area contributed by atoms with Crippen LogP contribution in [0, 0.1) is 4.77 Å². The van der Waals surface area contributed by atoms with Crippen molar-refractivity contribution in [3.05, 3.63) is 64.4 Å². The molecular formula is C20H21N5O4S. The fourth-order valence-electron chi connectivity index (χ4n) is 2.76. The van der Waals surface area contributed by atoms with Gasteiger partial charge in [-0.2, -0.15) is 4.68 Å². The molecule has 3 rings (SSSR count). The first-order valence-electron chi connectivity index (χ1n) is 9.10. The molecular weight excluding hydrogens is 406 g/mol. The Kier molecular flexibility index (Phi) is 6.48. The summed E-state index contributed by atoms with van der Waals surface area (Å²) in [6, 6.07) is 13.6. The van der Waals surface area contributed by atoms with Gasteiger partial charge >= 0.3 is 5.97 Å². The van der Waals surface area contributed by atoms with E-state index in [1.165, 1.54) is 9.36 Å². The normalized spacial score (nSPS) is 10.5. The third kappa shape index (κ3) is 4.49. The number of carbonyl (C=O) groups is 2. The summed E-state index contributed by atoms with van der Waals surface area (Å²) < 4.78 is 13.0. The van der Waals surface area contributed by atoms with Crippen molar-refractivity contribution in [2.75, 3.05) is 24.9 Å². The van der Waals surface area contributed by atoms with E-state index >= 15 is 0 Å². The topological polar surface area (TPSA) is 113 Å². The lowest BCUT2D eigenvalue weighted by Gasteiger charge is -2.09. The molecule has 9 nitrogen and oxygen atoms in total. The molecule has 0 aliphatic rings. The number of hydrogen-bond acceptors (Lipinski definition) is 8. The Labute approximate surface area is 178 Å². The Morgan fingerprint density at radius 2 is 1.80 bits per heavy atom. The van der Waals surface area contributed by atoms with Crippen molar-refractivity contribution in [1.29, 1.82) is 0 Å². The third-order valence-corrected chi connectivity index (χ3v) is 4.60. The molecule has 0 aliphatic heterocycles. The Hall–Kier alpha value is -3.66. The molecule has 0 bridgehead atoms. The number of esters is 1. The van der Waals surface area contributed by atoms with E-state index in [1.807, 2.05) is 0 Å². The molecule has 3 N–H and O–H groups in total. The summed E-state index contributed by atoms with van der Waals surface area (Å²) in [7, 11) is 1.58. The molecule has 0 radical (unpaired) electrons. The van der Waals surface area contributed by atoms with E-state index in [2.05, 4.69) is 10.5 Å². The van der Waals surface area contributed by atoms with Crippen LogP contribution in [0.3, 0.4) is 0 Å². The molecule has 0 atom stereocenters. The van der Waals surface area contributed by atoms with Gasteiger partial charge in [0, 0.05) is 5.56 Å². The average Bonchev–Trinajstić information content (AvgIpc) is 3.01. The molecule has 0 saturated heterocycles. The first kappa shape index (κ1) is 21.1. The van der Waals surface area contributed by atoms with Gasteiger partial charge in [0.05, 0.1) is 25.0 Å². The van der Waals surface area contributed by atoms with Gasteiger partial charge in [-0.25, -0.2) is 9.48 Å². The molecule has 30 heavy (non-hydrogen) atoms. The number of aromatic nitrogens is 3. The highest BCUT2D eigenvalue weighted by Gasteiger charge is 2.19. The van der Waals surface area contributed by atoms with E-state index in [0.717, 1.165) is 0 Å². The monoisotopic (exact) mass is 427 g/mol. The number of nitrogens with zero attached hydrogens (tertiary/aromatic N) is 3. The van der Waals surface area contributed by atoms with Gasteiger partial charge in [0.1, 0.15) is 12.3 Å². The molecule has 1 aromatic heterocycles. The summed E-state index contributed by atoms with van der Waals surface area (Å²) in [5.74, 6) is -0.110. The van der Waals surface area contributed by atoms with Crippen LogP contribution in [0.15, 0.2) is 48.5 Å². The van der Waals surface area contributed by atoms with Crippen molar-refractivity contribution >= 4 is 35.6 Å². The number of nitrogens with one attached hydrogen (secondary N) is 1. The zero-order valence-electron chi connectivity index (χ0n) is 16.5. The maximum absolute atomic E-state index is 12.8. The lowest BCUT2D eigenvalue weighted by atomic mass is 10.0. The molecule has 0 spiro atoms. The maximum atomic E-state index is 12.8. The Morgan fingerprint density at radius 3 is 2.43 bits per heavy atom. The number of Topliss-reactive ketones (excluding diaryl/α,β-unsaturated/α-hetero) is 1. The van der Waals surface area contributed by atoms with Gasteiger partial charge in [0.15, 0.2) is 5.78 Å². The van der Waals surface area contributed by atoms with Crippen molar-refractivity contribution in [1.82, 2.24) is 14.5 Å². The predicted octanol–water partition coefficient (Wildman–Crippen LogP) is 2.94. The van der Waals surface area contributed by atoms with Crippen molar-refractivity contribution < 1.29 is 19.1 Å². The lowest BCUT2D eigenvalue weighted by molar-refractivity contribution is 0.0523. The van der Waals surface area contributed by atoms with Crippen LogP contribution in [-0.4, -0.2) is 39.9 Å². The minimum absolute atomic E-state index is 0.0855. The van der Waals surface area contributed by atoms with Crippen LogP contribution < -0.4 is 15.9 Å². The van der Waals surface area contributed by atoms with Crippen LogP contribution in [-0.2, 0) is 11.3 Å². The molecule has 3 aromatic rings. The second-order valence-electron chi connectivity index (χ2n) is 6.16. The fourth-order valence-corrected chi connectivity index (χ4v) is 3.01. The molecule has 2 aromatic carbocycles. The fraction of sp³-hybridized carbons (Fsp3) is 0.200. The van der Waals surface area contributed by atoms with Gasteiger partial charge in [-0.3, -0.25) is 10.2 Å². The zero-order valence-corrected chi connectivity index (χ0v) is 17.3. The number of methoxy groups -OCH3 is 1. The highest BCUT2D eigenvalue weighted by atomic mass is 32.1. The summed E-state index contributed by atoms with van der Waals surface area (Å²) in [4.78, 5) is 25.0. The van der Waals surface area contributed by atoms with E-state index in [1.54, 1.807) is 62.6 Å². The van der Waals surface area contributed by atoms with E-state index < -0.39 is 5.97 Å². The van der Waals surface area contributed by atoms with Crippen molar-refractivity contribution in [3.63, 3.8) is 0 Å². The van der Waals surface area contributed by atoms with Crippen LogP contribution in [0.25, 0.3) is 0 Å². The van der Waals surface area contributed by atoms with Gasteiger partial charge in [0.2, 0.25) is 10.7 Å². The van der Waals surface area contributed by atoms with E-state index in [9.17, 15) is 9.59 Å². The van der Waals surface area contributed by atoms with Gasteiger partial charge in [-0.05, 0) is 49.5 Å². The summed E-state index contributed by atoms with van der Waals surface area (Å²) >= 11 is 5.41. The number of rotatable bonds is 8. The van der Waals surface area contributed by atoms with Crippen LogP contribution in [0.1, 0.15) is 27.6 Å². The van der Waals surface area contributed by atoms with Gasteiger partial charge < -0.3 is 15.2 Å². The number of nitrogen functional groups attached to an aromatic ring is 1. The Bertz CT molecular complexity index is 1120. The standard InChI is InChI=1S/C20H21N5O4S/c1-3-29-18(27)16-7-5-4-6-15(16)17(26)12-24-20(30)25(19(21)23-24)22-13-8-10-14(28-2)11-9-13/h4-11,22H,3,12H2,1-2H3,(H2,21,23). The number of nitrogens with two attached hydrogens (primary N) is 1. The minimum atomic E-state index is -0.559. The van der Waals surface area contributed by atoms with Crippen molar-refractivity contribution in [2.24, 2.45) is 0 Å². The summed E-state index contributed by atoms with van der Waals surface area (Å²) in [5.41, 5.74) is 10.1. The second-order valence-corrected chi connectivity index (χ2v) is 6.53. The Balaban J connectivity index is 1.83. The molecule has 0 unspecified atom stereocenters. The highest BCUT2D eigenvalue weighted by molar-refractivity contribution is 7.71. The lowest BCUT2D eigenvalue weighted by Crippen LogP contribution is -2.17. The molecule has 10 heteroatoms.